The fourth-order valence-electron chi connectivity index (χ4n) is 1.52. The van der Waals surface area contributed by atoms with Gasteiger partial charge in [0, 0.05) is 12.1 Å². The highest BCUT2D eigenvalue weighted by Crippen LogP contribution is 2.27. The summed E-state index contributed by atoms with van der Waals surface area (Å²) in [5.74, 6) is 0.0812. The lowest BCUT2D eigenvalue weighted by Crippen LogP contribution is -2.25. The molecule has 4 N–H and O–H groups in total. The van der Waals surface area contributed by atoms with E-state index in [4.69, 9.17) is 5.73 Å². The second kappa shape index (κ2) is 5.80. The number of hydrogen-bond acceptors (Lipinski definition) is 6. The van der Waals surface area contributed by atoms with Crippen LogP contribution in [0.25, 0.3) is 0 Å². The van der Waals surface area contributed by atoms with Crippen molar-refractivity contribution >= 4 is 39.5 Å². The Labute approximate surface area is 126 Å². The van der Waals surface area contributed by atoms with Crippen LogP contribution in [0.15, 0.2) is 16.8 Å². The van der Waals surface area contributed by atoms with Crippen molar-refractivity contribution < 1.29 is 4.79 Å². The molecule has 0 aliphatic rings. The zero-order valence-corrected chi connectivity index (χ0v) is 13.3. The average Bonchev–Trinajstić information content (AvgIpc) is 2.93. The molecule has 0 radical (unpaired) electrons. The van der Waals surface area contributed by atoms with Crippen molar-refractivity contribution in [3.8, 4) is 0 Å². The van der Waals surface area contributed by atoms with Crippen molar-refractivity contribution in [1.82, 2.24) is 10.3 Å². The first-order chi connectivity index (χ1) is 9.35. The van der Waals surface area contributed by atoms with Crippen LogP contribution in [0.5, 0.6) is 0 Å². The first-order valence-corrected chi connectivity index (χ1v) is 7.95. The molecule has 1 amide bonds. The number of carbonyl (C=O) groups excluding carboxylic acids is 1. The number of anilines is 2. The molecule has 2 aromatic rings. The molecule has 0 atom stereocenters. The highest BCUT2D eigenvalue weighted by Gasteiger charge is 2.18. The minimum atomic E-state index is -0.187. The summed E-state index contributed by atoms with van der Waals surface area (Å²) in [6, 6.07) is 1.98. The van der Waals surface area contributed by atoms with Crippen LogP contribution in [0.3, 0.4) is 0 Å². The van der Waals surface area contributed by atoms with Crippen LogP contribution < -0.4 is 16.4 Å². The molecule has 0 bridgehead atoms. The third kappa shape index (κ3) is 3.94. The van der Waals surface area contributed by atoms with Gasteiger partial charge in [-0.3, -0.25) is 4.79 Å². The second-order valence-corrected chi connectivity index (χ2v) is 7.20. The van der Waals surface area contributed by atoms with E-state index in [0.29, 0.717) is 16.6 Å². The van der Waals surface area contributed by atoms with Gasteiger partial charge < -0.3 is 16.4 Å². The molecule has 2 heterocycles. The molecular weight excluding hydrogens is 292 g/mol. The monoisotopic (exact) mass is 310 g/mol. The van der Waals surface area contributed by atoms with Gasteiger partial charge in [0.2, 0.25) is 0 Å². The number of nitrogen functional groups attached to an aromatic ring is 1. The number of thiophene rings is 1. The number of nitrogens with zero attached hydrogens (tertiary/aromatic N) is 1. The highest BCUT2D eigenvalue weighted by molar-refractivity contribution is 7.18. The van der Waals surface area contributed by atoms with Gasteiger partial charge in [0.25, 0.3) is 5.91 Å². The normalized spacial score (nSPS) is 11.3. The van der Waals surface area contributed by atoms with Crippen LogP contribution in [0.2, 0.25) is 0 Å². The Balaban J connectivity index is 2.02. The molecule has 2 aromatic heterocycles. The van der Waals surface area contributed by atoms with Crippen LogP contribution in [0, 0.1) is 0 Å². The maximum absolute atomic E-state index is 12.1. The Kier molecular flexibility index (Phi) is 4.29. The van der Waals surface area contributed by atoms with Crippen LogP contribution in [-0.2, 0) is 6.54 Å². The Morgan fingerprint density at radius 3 is 2.80 bits per heavy atom. The van der Waals surface area contributed by atoms with E-state index in [1.807, 2.05) is 37.6 Å². The lowest BCUT2D eigenvalue weighted by atomic mass is 10.1. The standard InChI is InChI=1S/C13H18N4OS2/c1-13(2,3)17-12-16-10(14)9(20-12)11(18)15-6-8-4-5-19-7-8/h4-5,7H,6,14H2,1-3H3,(H,15,18)(H,16,17). The predicted molar refractivity (Wildman–Crippen MR) is 85.4 cm³/mol. The molecule has 0 aliphatic carbocycles. The molecule has 7 heteroatoms. The van der Waals surface area contributed by atoms with Crippen LogP contribution in [0.4, 0.5) is 10.9 Å². The fraction of sp³-hybridized carbons (Fsp3) is 0.385. The molecule has 108 valence electrons. The van der Waals surface area contributed by atoms with Gasteiger partial charge in [0.1, 0.15) is 10.7 Å². The number of thiazole rings is 1. The molecular formula is C13H18N4OS2. The zero-order valence-electron chi connectivity index (χ0n) is 11.7. The first-order valence-electron chi connectivity index (χ1n) is 6.19. The van der Waals surface area contributed by atoms with E-state index in [1.54, 1.807) is 11.3 Å². The maximum Gasteiger partial charge on any atom is 0.265 e. The number of amides is 1. The Bertz CT molecular complexity index is 584. The summed E-state index contributed by atoms with van der Waals surface area (Å²) in [4.78, 5) is 16.7. The van der Waals surface area contributed by atoms with Gasteiger partial charge in [-0.05, 0) is 43.2 Å². The van der Waals surface area contributed by atoms with Crippen molar-refractivity contribution in [2.24, 2.45) is 0 Å². The van der Waals surface area contributed by atoms with Crippen molar-refractivity contribution in [1.29, 1.82) is 0 Å². The Hall–Kier alpha value is -1.60. The molecule has 0 saturated heterocycles. The minimum absolute atomic E-state index is 0.116. The maximum atomic E-state index is 12.1. The molecule has 0 aliphatic heterocycles. The van der Waals surface area contributed by atoms with E-state index in [-0.39, 0.29) is 17.3 Å². The summed E-state index contributed by atoms with van der Waals surface area (Å²) in [6.45, 7) is 6.59. The summed E-state index contributed by atoms with van der Waals surface area (Å²) in [5.41, 5.74) is 6.78. The largest absolute Gasteiger partial charge is 0.382 e. The van der Waals surface area contributed by atoms with Gasteiger partial charge in [0.05, 0.1) is 0 Å². The van der Waals surface area contributed by atoms with Crippen molar-refractivity contribution in [2.45, 2.75) is 32.9 Å². The number of aromatic nitrogens is 1. The lowest BCUT2D eigenvalue weighted by molar-refractivity contribution is 0.0955. The summed E-state index contributed by atoms with van der Waals surface area (Å²) < 4.78 is 0. The molecule has 0 aromatic carbocycles. The summed E-state index contributed by atoms with van der Waals surface area (Å²) in [5, 5.41) is 10.7. The smallest absolute Gasteiger partial charge is 0.265 e. The Morgan fingerprint density at radius 2 is 2.20 bits per heavy atom. The zero-order chi connectivity index (χ0) is 14.8. The van der Waals surface area contributed by atoms with Gasteiger partial charge in [-0.15, -0.1) is 0 Å². The van der Waals surface area contributed by atoms with E-state index in [1.165, 1.54) is 11.3 Å². The molecule has 20 heavy (non-hydrogen) atoms. The average molecular weight is 310 g/mol. The van der Waals surface area contributed by atoms with Crippen LogP contribution >= 0.6 is 22.7 Å². The topological polar surface area (TPSA) is 80.0 Å². The fourth-order valence-corrected chi connectivity index (χ4v) is 3.20. The molecule has 5 nitrogen and oxygen atoms in total. The summed E-state index contributed by atoms with van der Waals surface area (Å²) >= 11 is 2.88. The molecule has 2 rings (SSSR count). The molecule has 0 fully saturated rings. The van der Waals surface area contributed by atoms with Crippen molar-refractivity contribution in [3.63, 3.8) is 0 Å². The van der Waals surface area contributed by atoms with E-state index < -0.39 is 0 Å². The third-order valence-electron chi connectivity index (χ3n) is 2.37. The third-order valence-corrected chi connectivity index (χ3v) is 4.09. The van der Waals surface area contributed by atoms with Crippen LogP contribution in [0.1, 0.15) is 36.0 Å². The van der Waals surface area contributed by atoms with Gasteiger partial charge in [-0.2, -0.15) is 11.3 Å². The number of hydrogen-bond donors (Lipinski definition) is 3. The van der Waals surface area contributed by atoms with Crippen molar-refractivity contribution in [2.75, 3.05) is 11.1 Å². The number of nitrogens with two attached hydrogens (primary N) is 1. The molecule has 0 unspecified atom stereocenters. The quantitative estimate of drug-likeness (QED) is 0.811. The highest BCUT2D eigenvalue weighted by atomic mass is 32.1. The van der Waals surface area contributed by atoms with E-state index >= 15 is 0 Å². The Morgan fingerprint density at radius 1 is 1.45 bits per heavy atom. The number of carbonyl (C=O) groups is 1. The molecule has 0 saturated carbocycles. The van der Waals surface area contributed by atoms with E-state index in [9.17, 15) is 4.79 Å². The van der Waals surface area contributed by atoms with E-state index in [2.05, 4.69) is 15.6 Å². The number of nitrogens with one attached hydrogen (secondary N) is 2. The van der Waals surface area contributed by atoms with Gasteiger partial charge in [-0.25, -0.2) is 4.98 Å². The van der Waals surface area contributed by atoms with Gasteiger partial charge >= 0.3 is 0 Å². The van der Waals surface area contributed by atoms with Gasteiger partial charge in [0.15, 0.2) is 5.13 Å². The van der Waals surface area contributed by atoms with Crippen molar-refractivity contribution in [3.05, 3.63) is 27.3 Å². The summed E-state index contributed by atoms with van der Waals surface area (Å²) in [6.07, 6.45) is 0. The number of rotatable bonds is 4. The first kappa shape index (κ1) is 14.8. The SMILES string of the molecule is CC(C)(C)Nc1nc(N)c(C(=O)NCc2ccsc2)s1. The van der Waals surface area contributed by atoms with E-state index in [0.717, 1.165) is 5.56 Å². The van der Waals surface area contributed by atoms with Crippen LogP contribution in [-0.4, -0.2) is 16.4 Å². The summed E-state index contributed by atoms with van der Waals surface area (Å²) in [7, 11) is 0. The van der Waals surface area contributed by atoms with Gasteiger partial charge in [-0.1, -0.05) is 11.3 Å². The lowest BCUT2D eigenvalue weighted by Gasteiger charge is -2.19. The predicted octanol–water partition coefficient (Wildman–Crippen LogP) is 2.93. The second-order valence-electron chi connectivity index (χ2n) is 5.42. The minimum Gasteiger partial charge on any atom is -0.382 e. The molecule has 0 spiro atoms.